The first-order valence-electron chi connectivity index (χ1n) is 11.0. The lowest BCUT2D eigenvalue weighted by atomic mass is 10.0. The number of hydrogen-bond donors (Lipinski definition) is 0. The second-order valence-corrected chi connectivity index (χ2v) is 8.40. The maximum absolute atomic E-state index is 12.9. The molecule has 0 fully saturated rings. The number of carbonyl (C=O) groups is 2. The van der Waals surface area contributed by atoms with Gasteiger partial charge >= 0.3 is 11.9 Å². The number of carbonyl (C=O) groups excluding carboxylic acids is 2. The van der Waals surface area contributed by atoms with Gasteiger partial charge in [0.2, 0.25) is 0 Å². The number of rotatable bonds is 13. The predicted molar refractivity (Wildman–Crippen MR) is 128 cm³/mol. The fourth-order valence-electron chi connectivity index (χ4n) is 3.27. The molecule has 0 bridgehead atoms. The van der Waals surface area contributed by atoms with E-state index in [1.807, 2.05) is 91.0 Å². The van der Waals surface area contributed by atoms with Crippen molar-refractivity contribution in [2.24, 2.45) is 5.92 Å². The zero-order valence-electron chi connectivity index (χ0n) is 18.7. The molecular formula is C27H27O6P. The first-order valence-corrected chi connectivity index (χ1v) is 11.9. The van der Waals surface area contributed by atoms with Gasteiger partial charge in [-0.25, -0.2) is 0 Å². The van der Waals surface area contributed by atoms with Gasteiger partial charge in [0.05, 0.1) is 12.5 Å². The van der Waals surface area contributed by atoms with E-state index < -0.39 is 23.7 Å². The molecule has 0 aliphatic rings. The van der Waals surface area contributed by atoms with Crippen molar-refractivity contribution < 1.29 is 28.4 Å². The quantitative estimate of drug-likeness (QED) is 0.232. The minimum Gasteiger partial charge on any atom is -0.461 e. The van der Waals surface area contributed by atoms with Crippen LogP contribution in [0, 0.1) is 5.92 Å². The summed E-state index contributed by atoms with van der Waals surface area (Å²) in [5, 5.41) is 0. The number of benzene rings is 3. The van der Waals surface area contributed by atoms with Crippen LogP contribution in [0.5, 0.6) is 0 Å². The highest BCUT2D eigenvalue weighted by molar-refractivity contribution is 7.24. The van der Waals surface area contributed by atoms with Gasteiger partial charge in [0.25, 0.3) is 0 Å². The summed E-state index contributed by atoms with van der Waals surface area (Å²) in [4.78, 5) is 25.2. The molecule has 2 atom stereocenters. The van der Waals surface area contributed by atoms with Crippen LogP contribution in [-0.4, -0.2) is 17.8 Å². The Bertz CT molecular complexity index is 1030. The fraction of sp³-hybridized carbons (Fsp3) is 0.259. The Morgan fingerprint density at radius 3 is 1.65 bits per heavy atom. The molecule has 0 aliphatic heterocycles. The molecule has 0 N–H and O–H groups in total. The van der Waals surface area contributed by atoms with Crippen molar-refractivity contribution in [3.05, 3.63) is 108 Å². The Kier molecular flexibility index (Phi) is 10.4. The third kappa shape index (κ3) is 8.54. The minimum absolute atomic E-state index is 0.0291. The third-order valence-corrected chi connectivity index (χ3v) is 5.86. The van der Waals surface area contributed by atoms with Crippen LogP contribution in [0.25, 0.3) is 0 Å². The molecule has 34 heavy (non-hydrogen) atoms. The summed E-state index contributed by atoms with van der Waals surface area (Å²) in [5.74, 6) is -2.86. The summed E-state index contributed by atoms with van der Waals surface area (Å²) in [7, 11) is -0.357. The van der Waals surface area contributed by atoms with E-state index in [1.54, 1.807) is 0 Å². The van der Waals surface area contributed by atoms with Crippen LogP contribution < -0.4 is 0 Å². The van der Waals surface area contributed by atoms with Crippen LogP contribution in [-0.2, 0) is 48.2 Å². The summed E-state index contributed by atoms with van der Waals surface area (Å²) in [5.41, 5.74) is 2.59. The van der Waals surface area contributed by atoms with E-state index in [4.69, 9.17) is 14.2 Å². The summed E-state index contributed by atoms with van der Waals surface area (Å²) in [6, 6.07) is 28.0. The first-order chi connectivity index (χ1) is 16.7. The highest BCUT2D eigenvalue weighted by atomic mass is 31.1. The molecule has 3 aromatic rings. The van der Waals surface area contributed by atoms with Crippen LogP contribution in [0.3, 0.4) is 0 Å². The average Bonchev–Trinajstić information content (AvgIpc) is 2.89. The zero-order chi connectivity index (χ0) is 24.0. The SMILES string of the molecule is O=PC(OCc1ccccc1)C(CCC(=O)OCc1ccccc1)C(=O)OCc1ccccc1. The van der Waals surface area contributed by atoms with Crippen molar-refractivity contribution in [3.8, 4) is 0 Å². The first kappa shape index (κ1) is 25.3. The Morgan fingerprint density at radius 1 is 0.676 bits per heavy atom. The van der Waals surface area contributed by atoms with Crippen molar-refractivity contribution in [2.45, 2.75) is 38.5 Å². The standard InChI is InChI=1S/C27H27O6P/c28-25(31-18-21-10-4-1-5-11-21)17-16-24(26(29)32-19-22-12-6-2-7-13-22)27(34-30)33-20-23-14-8-3-9-15-23/h1-15,24,27H,16-20H2. The van der Waals surface area contributed by atoms with E-state index >= 15 is 0 Å². The smallest absolute Gasteiger partial charge is 0.312 e. The Hall–Kier alpha value is -3.34. The third-order valence-electron chi connectivity index (χ3n) is 5.14. The van der Waals surface area contributed by atoms with Crippen LogP contribution >= 0.6 is 8.46 Å². The molecular weight excluding hydrogens is 451 g/mol. The van der Waals surface area contributed by atoms with E-state index in [0.717, 1.165) is 16.7 Å². The van der Waals surface area contributed by atoms with Crippen LogP contribution in [0.2, 0.25) is 0 Å². The fourth-order valence-corrected chi connectivity index (χ4v) is 3.83. The number of ether oxygens (including phenoxy) is 3. The molecule has 0 aliphatic carbocycles. The normalized spacial score (nSPS) is 12.6. The van der Waals surface area contributed by atoms with E-state index in [-0.39, 0.29) is 41.1 Å². The molecule has 176 valence electrons. The lowest BCUT2D eigenvalue weighted by molar-refractivity contribution is -0.154. The van der Waals surface area contributed by atoms with Crippen molar-refractivity contribution in [1.29, 1.82) is 0 Å². The largest absolute Gasteiger partial charge is 0.461 e. The average molecular weight is 478 g/mol. The van der Waals surface area contributed by atoms with E-state index in [1.165, 1.54) is 0 Å². The summed E-state index contributed by atoms with van der Waals surface area (Å²) < 4.78 is 28.5. The zero-order valence-corrected chi connectivity index (χ0v) is 19.6. The van der Waals surface area contributed by atoms with Gasteiger partial charge in [-0.1, -0.05) is 91.0 Å². The lowest BCUT2D eigenvalue weighted by Crippen LogP contribution is -2.29. The molecule has 6 nitrogen and oxygen atoms in total. The Labute approximate surface area is 201 Å². The van der Waals surface area contributed by atoms with Gasteiger partial charge in [-0.3, -0.25) is 14.2 Å². The van der Waals surface area contributed by atoms with Crippen molar-refractivity contribution in [3.63, 3.8) is 0 Å². The van der Waals surface area contributed by atoms with Crippen LogP contribution in [0.15, 0.2) is 91.0 Å². The Balaban J connectivity index is 1.60. The van der Waals surface area contributed by atoms with Crippen LogP contribution in [0.1, 0.15) is 29.5 Å². The number of hydrogen-bond acceptors (Lipinski definition) is 6. The van der Waals surface area contributed by atoms with Crippen LogP contribution in [0.4, 0.5) is 0 Å². The molecule has 7 heteroatoms. The number of esters is 2. The second-order valence-electron chi connectivity index (χ2n) is 7.68. The second kappa shape index (κ2) is 14.0. The lowest BCUT2D eigenvalue weighted by Gasteiger charge is -2.21. The molecule has 3 aromatic carbocycles. The molecule has 0 spiro atoms. The van der Waals surface area contributed by atoms with Gasteiger partial charge in [0.15, 0.2) is 14.3 Å². The van der Waals surface area contributed by atoms with Gasteiger partial charge in [0.1, 0.15) is 13.2 Å². The van der Waals surface area contributed by atoms with Crippen molar-refractivity contribution in [1.82, 2.24) is 0 Å². The molecule has 0 heterocycles. The molecule has 2 unspecified atom stereocenters. The van der Waals surface area contributed by atoms with E-state index in [0.29, 0.717) is 0 Å². The van der Waals surface area contributed by atoms with Crippen molar-refractivity contribution >= 4 is 20.4 Å². The maximum Gasteiger partial charge on any atom is 0.312 e. The summed E-state index contributed by atoms with van der Waals surface area (Å²) in [6.07, 6.45) is 0.0641. The molecule has 0 saturated carbocycles. The maximum atomic E-state index is 12.9. The molecule has 0 amide bonds. The highest BCUT2D eigenvalue weighted by Crippen LogP contribution is 2.27. The van der Waals surface area contributed by atoms with E-state index in [2.05, 4.69) is 0 Å². The van der Waals surface area contributed by atoms with E-state index in [9.17, 15) is 14.2 Å². The summed E-state index contributed by atoms with van der Waals surface area (Å²) >= 11 is 0. The summed E-state index contributed by atoms with van der Waals surface area (Å²) in [6.45, 7) is 0.411. The van der Waals surface area contributed by atoms with Crippen molar-refractivity contribution in [2.75, 3.05) is 0 Å². The molecule has 0 radical (unpaired) electrons. The van der Waals surface area contributed by atoms with Gasteiger partial charge in [-0.2, -0.15) is 0 Å². The van der Waals surface area contributed by atoms with Gasteiger partial charge in [-0.15, -0.1) is 0 Å². The van der Waals surface area contributed by atoms with Gasteiger partial charge in [0, 0.05) is 6.42 Å². The molecule has 0 aromatic heterocycles. The predicted octanol–water partition coefficient (Wildman–Crippen LogP) is 5.70. The monoisotopic (exact) mass is 478 g/mol. The molecule has 3 rings (SSSR count). The highest BCUT2D eigenvalue weighted by Gasteiger charge is 2.32. The molecule has 0 saturated heterocycles. The topological polar surface area (TPSA) is 78.9 Å². The van der Waals surface area contributed by atoms with Gasteiger partial charge in [-0.05, 0) is 23.1 Å². The minimum atomic E-state index is -0.953. The Morgan fingerprint density at radius 2 is 1.15 bits per heavy atom. The van der Waals surface area contributed by atoms with Gasteiger partial charge < -0.3 is 14.2 Å².